The van der Waals surface area contributed by atoms with Crippen molar-refractivity contribution in [3.8, 4) is 11.5 Å². The molecule has 0 unspecified atom stereocenters. The first-order chi connectivity index (χ1) is 16.6. The Morgan fingerprint density at radius 1 is 0.486 bits per heavy atom. The Hall–Kier alpha value is -4.22. The van der Waals surface area contributed by atoms with Crippen LogP contribution >= 0.6 is 0 Å². The Kier molecular flexibility index (Phi) is 6.54. The van der Waals surface area contributed by atoms with E-state index in [-0.39, 0.29) is 9.79 Å². The molecule has 0 aliphatic rings. The van der Waals surface area contributed by atoms with Crippen LogP contribution in [-0.2, 0) is 20.0 Å². The lowest BCUT2D eigenvalue weighted by atomic mass is 10.3. The van der Waals surface area contributed by atoms with Gasteiger partial charge < -0.3 is 16.2 Å². The highest BCUT2D eigenvalue weighted by atomic mass is 32.2. The van der Waals surface area contributed by atoms with E-state index in [1.54, 1.807) is 48.5 Å². The monoisotopic (exact) mass is 510 g/mol. The van der Waals surface area contributed by atoms with Gasteiger partial charge >= 0.3 is 0 Å². The average Bonchev–Trinajstić information content (AvgIpc) is 2.82. The summed E-state index contributed by atoms with van der Waals surface area (Å²) < 4.78 is 61.0. The molecule has 6 N–H and O–H groups in total. The minimum absolute atomic E-state index is 0.0526. The number of nitrogens with two attached hydrogens (primary N) is 2. The summed E-state index contributed by atoms with van der Waals surface area (Å²) in [4.78, 5) is 0.105. The summed E-state index contributed by atoms with van der Waals surface area (Å²) in [5, 5.41) is 0. The normalized spacial score (nSPS) is 11.5. The Morgan fingerprint density at radius 3 is 1.11 bits per heavy atom. The summed E-state index contributed by atoms with van der Waals surface area (Å²) in [7, 11) is -7.59. The topological polar surface area (TPSA) is 154 Å². The Morgan fingerprint density at radius 2 is 0.800 bits per heavy atom. The third kappa shape index (κ3) is 6.02. The molecule has 0 atom stereocenters. The van der Waals surface area contributed by atoms with Crippen molar-refractivity contribution >= 4 is 42.8 Å². The number of nitrogens with one attached hydrogen (secondary N) is 2. The van der Waals surface area contributed by atoms with Crippen molar-refractivity contribution in [2.24, 2.45) is 0 Å². The van der Waals surface area contributed by atoms with Crippen molar-refractivity contribution in [2.75, 3.05) is 20.9 Å². The molecular weight excluding hydrogens is 488 g/mol. The van der Waals surface area contributed by atoms with Crippen LogP contribution in [0.5, 0.6) is 11.5 Å². The molecule has 180 valence electrons. The highest BCUT2D eigenvalue weighted by Gasteiger charge is 2.16. The van der Waals surface area contributed by atoms with Gasteiger partial charge in [-0.3, -0.25) is 9.44 Å². The van der Waals surface area contributed by atoms with Gasteiger partial charge in [0, 0.05) is 22.7 Å². The molecule has 35 heavy (non-hydrogen) atoms. The van der Waals surface area contributed by atoms with Crippen molar-refractivity contribution in [3.63, 3.8) is 0 Å². The fourth-order valence-electron chi connectivity index (χ4n) is 3.04. The number of hydrogen-bond donors (Lipinski definition) is 4. The van der Waals surface area contributed by atoms with Crippen LogP contribution in [0.25, 0.3) is 0 Å². The molecule has 0 saturated heterocycles. The first-order valence-corrected chi connectivity index (χ1v) is 13.2. The number of nitrogen functional groups attached to an aromatic ring is 2. The molecule has 0 heterocycles. The molecule has 0 amide bonds. The van der Waals surface area contributed by atoms with Crippen LogP contribution in [0.15, 0.2) is 107 Å². The second-order valence-corrected chi connectivity index (χ2v) is 10.9. The molecule has 0 saturated carbocycles. The van der Waals surface area contributed by atoms with Gasteiger partial charge in [0.25, 0.3) is 20.0 Å². The zero-order chi connectivity index (χ0) is 25.1. The average molecular weight is 511 g/mol. The number of ether oxygens (including phenoxy) is 1. The molecule has 9 nitrogen and oxygen atoms in total. The number of sulfonamides is 2. The maximum absolute atomic E-state index is 12.6. The van der Waals surface area contributed by atoms with E-state index in [1.165, 1.54) is 48.5 Å². The fourth-order valence-corrected chi connectivity index (χ4v) is 5.16. The first-order valence-electron chi connectivity index (χ1n) is 10.3. The second-order valence-electron chi connectivity index (χ2n) is 7.50. The number of anilines is 4. The van der Waals surface area contributed by atoms with E-state index in [2.05, 4.69) is 9.44 Å². The quantitative estimate of drug-likeness (QED) is 0.258. The molecule has 4 aromatic rings. The minimum Gasteiger partial charge on any atom is -0.457 e. The van der Waals surface area contributed by atoms with Gasteiger partial charge in [0.1, 0.15) is 11.5 Å². The minimum atomic E-state index is -3.79. The van der Waals surface area contributed by atoms with Crippen molar-refractivity contribution < 1.29 is 21.6 Å². The maximum atomic E-state index is 12.6. The third-order valence-corrected chi connectivity index (χ3v) is 7.62. The van der Waals surface area contributed by atoms with Gasteiger partial charge in [0.05, 0.1) is 9.79 Å². The maximum Gasteiger partial charge on any atom is 0.261 e. The molecule has 0 aliphatic heterocycles. The molecule has 0 aliphatic carbocycles. The van der Waals surface area contributed by atoms with Crippen LogP contribution in [0.2, 0.25) is 0 Å². The van der Waals surface area contributed by atoms with E-state index in [0.717, 1.165) is 0 Å². The lowest BCUT2D eigenvalue weighted by Gasteiger charge is -2.11. The summed E-state index contributed by atoms with van der Waals surface area (Å²) in [5.41, 5.74) is 13.1. The largest absolute Gasteiger partial charge is 0.457 e. The van der Waals surface area contributed by atoms with E-state index in [0.29, 0.717) is 34.2 Å². The van der Waals surface area contributed by atoms with Crippen molar-refractivity contribution in [1.82, 2.24) is 0 Å². The number of hydrogen-bond acceptors (Lipinski definition) is 7. The van der Waals surface area contributed by atoms with Crippen LogP contribution in [0.1, 0.15) is 0 Å². The second kappa shape index (κ2) is 9.57. The van der Waals surface area contributed by atoms with Gasteiger partial charge in [0.15, 0.2) is 0 Å². The summed E-state index contributed by atoms with van der Waals surface area (Å²) in [5.74, 6) is 0.763. The highest BCUT2D eigenvalue weighted by Crippen LogP contribution is 2.26. The van der Waals surface area contributed by atoms with Crippen LogP contribution in [-0.4, -0.2) is 16.8 Å². The van der Waals surface area contributed by atoms with Gasteiger partial charge in [-0.15, -0.1) is 0 Å². The lowest BCUT2D eigenvalue weighted by Crippen LogP contribution is -2.13. The van der Waals surface area contributed by atoms with Crippen LogP contribution < -0.4 is 25.6 Å². The molecule has 0 bridgehead atoms. The molecule has 4 aromatic carbocycles. The Bertz CT molecular complexity index is 1400. The van der Waals surface area contributed by atoms with E-state index in [4.69, 9.17) is 16.2 Å². The zero-order valence-electron chi connectivity index (χ0n) is 18.3. The van der Waals surface area contributed by atoms with Crippen LogP contribution in [0.3, 0.4) is 0 Å². The molecule has 0 spiro atoms. The lowest BCUT2D eigenvalue weighted by molar-refractivity contribution is 0.481. The predicted molar refractivity (Wildman–Crippen MR) is 136 cm³/mol. The SMILES string of the molecule is Nc1ccc(NS(=O)(=O)c2ccc(Oc3ccc(S(=O)(=O)Nc4ccc(N)cc4)cc3)cc2)cc1. The van der Waals surface area contributed by atoms with Gasteiger partial charge in [0.2, 0.25) is 0 Å². The highest BCUT2D eigenvalue weighted by molar-refractivity contribution is 7.93. The summed E-state index contributed by atoms with van der Waals surface area (Å²) >= 11 is 0. The third-order valence-electron chi connectivity index (χ3n) is 4.83. The van der Waals surface area contributed by atoms with Gasteiger partial charge in [-0.25, -0.2) is 16.8 Å². The van der Waals surface area contributed by atoms with Gasteiger partial charge in [-0.05, 0) is 97.1 Å². The molecule has 11 heteroatoms. The molecule has 0 aromatic heterocycles. The number of benzene rings is 4. The summed E-state index contributed by atoms with van der Waals surface area (Å²) in [6, 6.07) is 24.3. The van der Waals surface area contributed by atoms with Crippen LogP contribution in [0, 0.1) is 0 Å². The summed E-state index contributed by atoms with van der Waals surface area (Å²) in [6.45, 7) is 0. The van der Waals surface area contributed by atoms with E-state index < -0.39 is 20.0 Å². The van der Waals surface area contributed by atoms with Crippen molar-refractivity contribution in [2.45, 2.75) is 9.79 Å². The Labute approximate surface area is 203 Å². The first kappa shape index (κ1) is 23.9. The molecule has 0 radical (unpaired) electrons. The molecular formula is C24H22N4O5S2. The molecule has 4 rings (SSSR count). The van der Waals surface area contributed by atoms with Gasteiger partial charge in [-0.2, -0.15) is 0 Å². The van der Waals surface area contributed by atoms with E-state index >= 15 is 0 Å². The number of rotatable bonds is 8. The summed E-state index contributed by atoms with van der Waals surface area (Å²) in [6.07, 6.45) is 0. The van der Waals surface area contributed by atoms with E-state index in [9.17, 15) is 16.8 Å². The van der Waals surface area contributed by atoms with Crippen LogP contribution in [0.4, 0.5) is 22.7 Å². The molecule has 0 fully saturated rings. The Balaban J connectivity index is 1.42. The van der Waals surface area contributed by atoms with Crippen molar-refractivity contribution in [1.29, 1.82) is 0 Å². The fraction of sp³-hybridized carbons (Fsp3) is 0. The van der Waals surface area contributed by atoms with E-state index in [1.807, 2.05) is 0 Å². The van der Waals surface area contributed by atoms with Gasteiger partial charge in [-0.1, -0.05) is 0 Å². The zero-order valence-corrected chi connectivity index (χ0v) is 19.9. The standard InChI is InChI=1S/C24H22N4O5S2/c25-17-1-5-19(6-2-17)27-34(29,30)23-13-9-21(10-14-23)33-22-11-15-24(16-12-22)35(31,32)28-20-7-3-18(26)4-8-20/h1-16,27-28H,25-26H2. The predicted octanol–water partition coefficient (Wildman–Crippen LogP) is 4.24. The smallest absolute Gasteiger partial charge is 0.261 e. The van der Waals surface area contributed by atoms with Crippen molar-refractivity contribution in [3.05, 3.63) is 97.1 Å².